The summed E-state index contributed by atoms with van der Waals surface area (Å²) in [6, 6.07) is 12.2. The van der Waals surface area contributed by atoms with Gasteiger partial charge in [0, 0.05) is 32.7 Å². The van der Waals surface area contributed by atoms with Crippen molar-refractivity contribution in [2.24, 2.45) is 5.92 Å². The highest BCUT2D eigenvalue weighted by molar-refractivity contribution is 5.94. The van der Waals surface area contributed by atoms with Crippen molar-refractivity contribution >= 4 is 17.2 Å². The highest BCUT2D eigenvalue weighted by Gasteiger charge is 2.24. The molecule has 1 saturated heterocycles. The van der Waals surface area contributed by atoms with Crippen molar-refractivity contribution in [3.8, 4) is 0 Å². The fourth-order valence-corrected chi connectivity index (χ4v) is 3.78. The van der Waals surface area contributed by atoms with Gasteiger partial charge in [0.15, 0.2) is 11.5 Å². The summed E-state index contributed by atoms with van der Waals surface area (Å²) < 4.78 is 1.79. The first-order valence-electron chi connectivity index (χ1n) is 9.92. The number of fused-ring (bicyclic) bond motifs is 1. The fraction of sp³-hybridized carbons (Fsp3) is 0.409. The smallest absolute Gasteiger partial charge is 0.274 e. The Labute approximate surface area is 165 Å². The van der Waals surface area contributed by atoms with E-state index in [9.17, 15) is 4.79 Å². The molecule has 0 radical (unpaired) electrons. The number of aryl methyl sites for hydroxylation is 1. The summed E-state index contributed by atoms with van der Waals surface area (Å²) in [7, 11) is 2.02. The van der Waals surface area contributed by atoms with Gasteiger partial charge in [0.05, 0.1) is 11.9 Å². The summed E-state index contributed by atoms with van der Waals surface area (Å²) in [5.41, 5.74) is 3.44. The number of hydrogen-bond donors (Lipinski definition) is 0. The molecule has 0 N–H and O–H groups in total. The van der Waals surface area contributed by atoms with Crippen molar-refractivity contribution < 1.29 is 4.79 Å². The minimum atomic E-state index is 0.0184. The molecule has 0 aliphatic carbocycles. The number of rotatable bonds is 4. The van der Waals surface area contributed by atoms with Crippen LogP contribution in [0.2, 0.25) is 0 Å². The molecule has 0 saturated carbocycles. The largest absolute Gasteiger partial charge is 0.354 e. The van der Waals surface area contributed by atoms with Gasteiger partial charge < -0.3 is 9.80 Å². The van der Waals surface area contributed by atoms with E-state index in [1.807, 2.05) is 49.3 Å². The molecule has 0 atom stereocenters. The number of benzene rings is 1. The second-order valence-corrected chi connectivity index (χ2v) is 7.88. The van der Waals surface area contributed by atoms with Crippen molar-refractivity contribution in [2.45, 2.75) is 33.2 Å². The average Bonchev–Trinajstić information content (AvgIpc) is 3.12. The molecule has 1 amide bonds. The van der Waals surface area contributed by atoms with Gasteiger partial charge in [-0.1, -0.05) is 37.3 Å². The third-order valence-corrected chi connectivity index (χ3v) is 5.47. The van der Waals surface area contributed by atoms with E-state index in [1.165, 1.54) is 5.56 Å². The van der Waals surface area contributed by atoms with Crippen LogP contribution in [-0.2, 0) is 6.54 Å². The molecular formula is C22H27N5O. The zero-order valence-corrected chi connectivity index (χ0v) is 16.8. The molecule has 6 nitrogen and oxygen atoms in total. The minimum Gasteiger partial charge on any atom is -0.354 e. The van der Waals surface area contributed by atoms with Gasteiger partial charge in [0.25, 0.3) is 5.91 Å². The molecule has 0 unspecified atom stereocenters. The Balaban J connectivity index is 1.63. The van der Waals surface area contributed by atoms with E-state index >= 15 is 0 Å². The third kappa shape index (κ3) is 3.72. The second kappa shape index (κ2) is 7.62. The second-order valence-electron chi connectivity index (χ2n) is 7.88. The van der Waals surface area contributed by atoms with Crippen LogP contribution in [0.4, 0.5) is 5.82 Å². The van der Waals surface area contributed by atoms with Crippen LogP contribution in [0.15, 0.2) is 42.6 Å². The molecule has 0 spiro atoms. The first-order valence-corrected chi connectivity index (χ1v) is 9.92. The highest BCUT2D eigenvalue weighted by atomic mass is 16.2. The molecule has 146 valence electrons. The van der Waals surface area contributed by atoms with Gasteiger partial charge in [0.1, 0.15) is 5.52 Å². The van der Waals surface area contributed by atoms with Crippen LogP contribution in [-0.4, -0.2) is 45.5 Å². The van der Waals surface area contributed by atoms with Crippen LogP contribution < -0.4 is 4.90 Å². The average molecular weight is 377 g/mol. The van der Waals surface area contributed by atoms with Crippen molar-refractivity contribution in [1.29, 1.82) is 0 Å². The molecule has 6 heteroatoms. The molecule has 4 rings (SSSR count). The lowest BCUT2D eigenvalue weighted by Gasteiger charge is -2.29. The summed E-state index contributed by atoms with van der Waals surface area (Å²) in [5, 5.41) is 4.58. The maximum atomic E-state index is 12.9. The molecule has 1 aliphatic rings. The molecule has 1 fully saturated rings. The standard InChI is InChI=1S/C22H27N5O/c1-16-9-11-26(12-10-16)22(28)19-13-20-21(23-17(2)14-27(20)24-19)25(3)15-18-7-5-4-6-8-18/h4-8,13-14,16H,9-12,15H2,1-3H3. The number of likely N-dealkylation sites (tertiary alicyclic amines) is 1. The number of anilines is 1. The van der Waals surface area contributed by atoms with Crippen molar-refractivity contribution in [3.05, 3.63) is 59.5 Å². The Hall–Kier alpha value is -2.89. The number of nitrogens with zero attached hydrogens (tertiary/aromatic N) is 5. The molecular weight excluding hydrogens is 350 g/mol. The van der Waals surface area contributed by atoms with Gasteiger partial charge in [-0.05, 0) is 31.2 Å². The predicted molar refractivity (Wildman–Crippen MR) is 111 cm³/mol. The first kappa shape index (κ1) is 18.5. The van der Waals surface area contributed by atoms with E-state index in [2.05, 4.69) is 29.1 Å². The molecule has 0 bridgehead atoms. The lowest BCUT2D eigenvalue weighted by Crippen LogP contribution is -2.38. The van der Waals surface area contributed by atoms with Crippen molar-refractivity contribution in [2.75, 3.05) is 25.0 Å². The van der Waals surface area contributed by atoms with Gasteiger partial charge in [-0.3, -0.25) is 4.79 Å². The summed E-state index contributed by atoms with van der Waals surface area (Å²) in [4.78, 5) is 21.7. The highest BCUT2D eigenvalue weighted by Crippen LogP contribution is 2.23. The van der Waals surface area contributed by atoms with E-state index in [1.54, 1.807) is 4.52 Å². The Kier molecular flexibility index (Phi) is 5.03. The van der Waals surface area contributed by atoms with E-state index in [-0.39, 0.29) is 5.91 Å². The summed E-state index contributed by atoms with van der Waals surface area (Å²) in [6.45, 7) is 6.56. The quantitative estimate of drug-likeness (QED) is 0.698. The number of carbonyl (C=O) groups excluding carboxylic acids is 1. The van der Waals surface area contributed by atoms with E-state index in [0.29, 0.717) is 11.6 Å². The molecule has 3 aromatic rings. The Morgan fingerprint density at radius 2 is 1.93 bits per heavy atom. The molecule has 3 heterocycles. The van der Waals surface area contributed by atoms with Crippen molar-refractivity contribution in [1.82, 2.24) is 19.5 Å². The number of aromatic nitrogens is 3. The topological polar surface area (TPSA) is 53.7 Å². The lowest BCUT2D eigenvalue weighted by molar-refractivity contribution is 0.0691. The van der Waals surface area contributed by atoms with Crippen LogP contribution >= 0.6 is 0 Å². The predicted octanol–water partition coefficient (Wildman–Crippen LogP) is 3.55. The van der Waals surface area contributed by atoms with Crippen LogP contribution in [0.1, 0.15) is 41.5 Å². The monoisotopic (exact) mass is 377 g/mol. The van der Waals surface area contributed by atoms with Crippen LogP contribution in [0, 0.1) is 12.8 Å². The van der Waals surface area contributed by atoms with Crippen LogP contribution in [0.3, 0.4) is 0 Å². The van der Waals surface area contributed by atoms with Gasteiger partial charge in [-0.25, -0.2) is 9.50 Å². The number of amides is 1. The minimum absolute atomic E-state index is 0.0184. The van der Waals surface area contributed by atoms with Crippen LogP contribution in [0.25, 0.3) is 5.52 Å². The third-order valence-electron chi connectivity index (χ3n) is 5.47. The van der Waals surface area contributed by atoms with E-state index < -0.39 is 0 Å². The molecule has 1 aromatic carbocycles. The van der Waals surface area contributed by atoms with E-state index in [4.69, 9.17) is 4.98 Å². The molecule has 1 aliphatic heterocycles. The zero-order chi connectivity index (χ0) is 19.7. The Morgan fingerprint density at radius 1 is 1.21 bits per heavy atom. The van der Waals surface area contributed by atoms with Gasteiger partial charge in [0.2, 0.25) is 0 Å². The van der Waals surface area contributed by atoms with Crippen LogP contribution in [0.5, 0.6) is 0 Å². The number of hydrogen-bond acceptors (Lipinski definition) is 4. The summed E-state index contributed by atoms with van der Waals surface area (Å²) in [5.74, 6) is 1.54. The summed E-state index contributed by atoms with van der Waals surface area (Å²) in [6.07, 6.45) is 4.00. The Morgan fingerprint density at radius 3 is 2.64 bits per heavy atom. The van der Waals surface area contributed by atoms with Gasteiger partial charge in [-0.2, -0.15) is 5.10 Å². The van der Waals surface area contributed by atoms with Gasteiger partial charge >= 0.3 is 0 Å². The first-order chi connectivity index (χ1) is 13.5. The molecule has 2 aromatic heterocycles. The molecule has 28 heavy (non-hydrogen) atoms. The Bertz CT molecular complexity index is 973. The normalized spacial score (nSPS) is 15.2. The zero-order valence-electron chi connectivity index (χ0n) is 16.8. The van der Waals surface area contributed by atoms with Gasteiger partial charge in [-0.15, -0.1) is 0 Å². The summed E-state index contributed by atoms with van der Waals surface area (Å²) >= 11 is 0. The van der Waals surface area contributed by atoms with Crippen molar-refractivity contribution in [3.63, 3.8) is 0 Å². The lowest BCUT2D eigenvalue weighted by atomic mass is 9.99. The number of piperidine rings is 1. The maximum Gasteiger partial charge on any atom is 0.274 e. The maximum absolute atomic E-state index is 12.9. The number of carbonyl (C=O) groups is 1. The van der Waals surface area contributed by atoms with E-state index in [0.717, 1.165) is 49.5 Å². The SMILES string of the molecule is Cc1cn2nc(C(=O)N3CCC(C)CC3)cc2c(N(C)Cc2ccccc2)n1. The fourth-order valence-electron chi connectivity index (χ4n) is 3.78.